The first-order valence-electron chi connectivity index (χ1n) is 10.1. The molecule has 1 aromatic carbocycles. The molecule has 0 aliphatic carbocycles. The van der Waals surface area contributed by atoms with Crippen LogP contribution in [0.3, 0.4) is 0 Å². The normalized spacial score (nSPS) is 11.2. The lowest BCUT2D eigenvalue weighted by Crippen LogP contribution is -2.21. The third kappa shape index (κ3) is 15.4. The molecule has 0 fully saturated rings. The van der Waals surface area contributed by atoms with E-state index in [0.717, 1.165) is 18.5 Å². The zero-order valence-electron chi connectivity index (χ0n) is 19.6. The Kier molecular flexibility index (Phi) is 16.2. The number of carbonyl (C=O) groups is 2. The van der Waals surface area contributed by atoms with Crippen LogP contribution in [0, 0.1) is 16.0 Å². The summed E-state index contributed by atoms with van der Waals surface area (Å²) in [6.45, 7) is 10.8. The van der Waals surface area contributed by atoms with E-state index in [1.54, 1.807) is 12.1 Å². The number of nitrogens with zero attached hydrogens (tertiary/aromatic N) is 2. The predicted molar refractivity (Wildman–Crippen MR) is 118 cm³/mol. The van der Waals surface area contributed by atoms with E-state index >= 15 is 0 Å². The molecule has 0 heterocycles. The van der Waals surface area contributed by atoms with E-state index < -0.39 is 4.92 Å². The highest BCUT2D eigenvalue weighted by molar-refractivity contribution is 5.72. The van der Waals surface area contributed by atoms with Crippen LogP contribution in [0.4, 0.5) is 5.69 Å². The molecule has 0 saturated carbocycles. The zero-order chi connectivity index (χ0) is 23.7. The number of esters is 1. The summed E-state index contributed by atoms with van der Waals surface area (Å²) in [6, 6.07) is 6.40. The van der Waals surface area contributed by atoms with E-state index in [1.807, 2.05) is 48.7 Å². The van der Waals surface area contributed by atoms with Crippen molar-refractivity contribution in [3.63, 3.8) is 0 Å². The molecule has 0 aliphatic rings. The fourth-order valence-corrected chi connectivity index (χ4v) is 2.35. The summed E-state index contributed by atoms with van der Waals surface area (Å²) in [5.74, 6) is -0.530. The Labute approximate surface area is 180 Å². The van der Waals surface area contributed by atoms with Gasteiger partial charge < -0.3 is 14.4 Å². The third-order valence-corrected chi connectivity index (χ3v) is 3.70. The van der Waals surface area contributed by atoms with Crippen molar-refractivity contribution < 1.29 is 24.0 Å². The number of hydrogen-bond acceptors (Lipinski definition) is 7. The molecule has 0 aliphatic heterocycles. The van der Waals surface area contributed by atoms with E-state index in [9.17, 15) is 19.7 Å². The number of ether oxygens (including phenoxy) is 2. The molecule has 30 heavy (non-hydrogen) atoms. The summed E-state index contributed by atoms with van der Waals surface area (Å²) in [4.78, 5) is 33.9. The largest absolute Gasteiger partial charge is 0.469 e. The molecule has 1 unspecified atom stereocenters. The van der Waals surface area contributed by atoms with Crippen molar-refractivity contribution in [2.75, 3.05) is 27.7 Å². The van der Waals surface area contributed by atoms with Gasteiger partial charge in [0.05, 0.1) is 18.0 Å². The summed E-state index contributed by atoms with van der Waals surface area (Å²) in [5.41, 5.74) is 0.510. The van der Waals surface area contributed by atoms with Crippen LogP contribution in [0.25, 0.3) is 0 Å². The van der Waals surface area contributed by atoms with Gasteiger partial charge in [0, 0.05) is 12.1 Å². The molecule has 1 atom stereocenters. The maximum atomic E-state index is 11.8. The molecule has 0 radical (unpaired) electrons. The zero-order valence-corrected chi connectivity index (χ0v) is 19.6. The number of nitro benzene ring substituents is 1. The van der Waals surface area contributed by atoms with E-state index in [1.165, 1.54) is 19.2 Å². The second kappa shape index (κ2) is 16.3. The molecule has 0 aromatic heterocycles. The van der Waals surface area contributed by atoms with E-state index in [2.05, 4.69) is 9.64 Å². The number of carbonyl (C=O) groups excluding carboxylic acids is 2. The van der Waals surface area contributed by atoms with E-state index in [-0.39, 0.29) is 23.2 Å². The minimum atomic E-state index is -0.428. The standard InChI is InChI=1S/C15H22N2O4.C5H10O2.C2H6/c1-16(2)9-5-7-13(15(18)21-3)10-12-6-4-8-14(11-12)17(19)20;1-5(2,3)7-4-6;1-2/h4,6,8,11,13H,5,7,9-10H2,1-3H3;4H,1-3H3;1-2H3. The van der Waals surface area contributed by atoms with Gasteiger partial charge in [-0.15, -0.1) is 0 Å². The molecule has 172 valence electrons. The predicted octanol–water partition coefficient (Wildman–Crippen LogP) is 4.25. The van der Waals surface area contributed by atoms with Crippen LogP contribution in [0.1, 0.15) is 53.0 Å². The molecular formula is C22H38N2O6. The van der Waals surface area contributed by atoms with Gasteiger partial charge in [0.15, 0.2) is 0 Å². The molecule has 8 nitrogen and oxygen atoms in total. The van der Waals surface area contributed by atoms with Gasteiger partial charge in [-0.2, -0.15) is 0 Å². The summed E-state index contributed by atoms with van der Waals surface area (Å²) >= 11 is 0. The Morgan fingerprint density at radius 2 is 1.87 bits per heavy atom. The molecule has 0 spiro atoms. The summed E-state index contributed by atoms with van der Waals surface area (Å²) in [5, 5.41) is 10.8. The van der Waals surface area contributed by atoms with Gasteiger partial charge >= 0.3 is 5.97 Å². The number of benzene rings is 1. The minimum absolute atomic E-state index is 0.0457. The van der Waals surface area contributed by atoms with Crippen LogP contribution < -0.4 is 0 Å². The van der Waals surface area contributed by atoms with Gasteiger partial charge in [0.25, 0.3) is 12.2 Å². The molecule has 0 saturated heterocycles. The first-order valence-corrected chi connectivity index (χ1v) is 10.1. The number of nitro groups is 1. The molecule has 0 amide bonds. The monoisotopic (exact) mass is 426 g/mol. The van der Waals surface area contributed by atoms with Crippen LogP contribution in [0.15, 0.2) is 24.3 Å². The van der Waals surface area contributed by atoms with Crippen molar-refractivity contribution in [3.8, 4) is 0 Å². The van der Waals surface area contributed by atoms with E-state index in [0.29, 0.717) is 19.3 Å². The maximum absolute atomic E-state index is 11.8. The maximum Gasteiger partial charge on any atom is 0.308 e. The lowest BCUT2D eigenvalue weighted by molar-refractivity contribution is -0.384. The van der Waals surface area contributed by atoms with Crippen LogP contribution in [-0.4, -0.2) is 55.6 Å². The highest BCUT2D eigenvalue weighted by Crippen LogP contribution is 2.20. The second-order valence-electron chi connectivity index (χ2n) is 7.62. The molecule has 0 N–H and O–H groups in total. The van der Waals surface area contributed by atoms with Crippen molar-refractivity contribution in [1.82, 2.24) is 4.90 Å². The topological polar surface area (TPSA) is 99.0 Å². The quantitative estimate of drug-likeness (QED) is 0.252. The molecule has 1 aromatic rings. The van der Waals surface area contributed by atoms with Crippen molar-refractivity contribution in [2.45, 2.75) is 59.5 Å². The summed E-state index contributed by atoms with van der Waals surface area (Å²) < 4.78 is 9.38. The third-order valence-electron chi connectivity index (χ3n) is 3.70. The molecular weight excluding hydrogens is 388 g/mol. The fraction of sp³-hybridized carbons (Fsp3) is 0.636. The van der Waals surface area contributed by atoms with Gasteiger partial charge in [-0.05, 0) is 66.2 Å². The number of non-ortho nitro benzene ring substituents is 1. The lowest BCUT2D eigenvalue weighted by atomic mass is 9.94. The van der Waals surface area contributed by atoms with Crippen molar-refractivity contribution in [2.24, 2.45) is 5.92 Å². The van der Waals surface area contributed by atoms with Crippen molar-refractivity contribution in [3.05, 3.63) is 39.9 Å². The van der Waals surface area contributed by atoms with Crippen molar-refractivity contribution in [1.29, 1.82) is 0 Å². The number of methoxy groups -OCH3 is 1. The Morgan fingerprint density at radius 1 is 1.27 bits per heavy atom. The fourth-order valence-electron chi connectivity index (χ4n) is 2.35. The SMILES string of the molecule is CC.CC(C)(C)OC=O.COC(=O)C(CCCN(C)C)Cc1cccc([N+](=O)[O-])c1. The van der Waals surface area contributed by atoms with Crippen LogP contribution >= 0.6 is 0 Å². The minimum Gasteiger partial charge on any atom is -0.469 e. The number of hydrogen-bond donors (Lipinski definition) is 0. The Bertz CT molecular complexity index is 626. The molecule has 0 bridgehead atoms. The van der Waals surface area contributed by atoms with Gasteiger partial charge in [0.1, 0.15) is 5.60 Å². The Morgan fingerprint density at radius 3 is 2.27 bits per heavy atom. The summed E-state index contributed by atoms with van der Waals surface area (Å²) in [6.07, 6.45) is 2.04. The van der Waals surface area contributed by atoms with Gasteiger partial charge in [-0.3, -0.25) is 19.7 Å². The highest BCUT2D eigenvalue weighted by Gasteiger charge is 2.20. The van der Waals surface area contributed by atoms with Crippen LogP contribution in [0.5, 0.6) is 0 Å². The van der Waals surface area contributed by atoms with Gasteiger partial charge in [-0.25, -0.2) is 0 Å². The van der Waals surface area contributed by atoms with Crippen LogP contribution in [-0.2, 0) is 25.5 Å². The molecule has 8 heteroatoms. The van der Waals surface area contributed by atoms with Crippen molar-refractivity contribution >= 4 is 18.1 Å². The van der Waals surface area contributed by atoms with E-state index in [4.69, 9.17) is 4.74 Å². The first kappa shape index (κ1) is 29.7. The van der Waals surface area contributed by atoms with Gasteiger partial charge in [0.2, 0.25) is 0 Å². The Balaban J connectivity index is 0. The second-order valence-corrected chi connectivity index (χ2v) is 7.62. The first-order chi connectivity index (χ1) is 14.0. The average molecular weight is 427 g/mol. The van der Waals surface area contributed by atoms with Gasteiger partial charge in [-0.1, -0.05) is 26.0 Å². The average Bonchev–Trinajstić information content (AvgIpc) is 2.67. The highest BCUT2D eigenvalue weighted by atomic mass is 16.6. The lowest BCUT2D eigenvalue weighted by Gasteiger charge is -2.16. The van der Waals surface area contributed by atoms with Crippen LogP contribution in [0.2, 0.25) is 0 Å². The Hall–Kier alpha value is -2.48. The molecule has 1 rings (SSSR count). The number of rotatable bonds is 9. The summed E-state index contributed by atoms with van der Waals surface area (Å²) in [7, 11) is 5.33. The smallest absolute Gasteiger partial charge is 0.308 e.